The third-order valence-electron chi connectivity index (χ3n) is 2.20. The second-order valence-electron chi connectivity index (χ2n) is 3.70. The maximum atomic E-state index is 5.04. The largest absolute Gasteiger partial charge is 0.344 e. The van der Waals surface area contributed by atoms with E-state index in [9.17, 15) is 0 Å². The van der Waals surface area contributed by atoms with Crippen LogP contribution in [-0.2, 0) is 39.2 Å². The van der Waals surface area contributed by atoms with Crippen LogP contribution in [0, 0.1) is 0 Å². The van der Waals surface area contributed by atoms with Crippen molar-refractivity contribution >= 4 is 0 Å². The Balaban J connectivity index is 2.58. The average Bonchev–Trinajstić information content (AvgIpc) is 2.73. The van der Waals surface area contributed by atoms with E-state index in [2.05, 4.69) is 16.9 Å². The lowest BCUT2D eigenvalue weighted by Gasteiger charge is -2.03. The van der Waals surface area contributed by atoms with Gasteiger partial charge in [-0.2, -0.15) is 0 Å². The highest BCUT2D eigenvalue weighted by Crippen LogP contribution is 2.11. The molecule has 1 heterocycles. The zero-order valence-corrected chi connectivity index (χ0v) is 11.3. The minimum atomic E-state index is 0.304. The Kier molecular flexibility index (Phi) is 7.59. The molecule has 104 valence electrons. The van der Waals surface area contributed by atoms with Gasteiger partial charge in [-0.05, 0) is 20.3 Å². The number of H-pyrrole nitrogens is 1. The van der Waals surface area contributed by atoms with Gasteiger partial charge in [0, 0.05) is 6.42 Å². The van der Waals surface area contributed by atoms with Crippen molar-refractivity contribution in [3.8, 4) is 0 Å². The van der Waals surface area contributed by atoms with Gasteiger partial charge >= 0.3 is 0 Å². The van der Waals surface area contributed by atoms with Crippen LogP contribution >= 0.6 is 0 Å². The quantitative estimate of drug-likeness (QED) is 0.396. The second-order valence-corrected chi connectivity index (χ2v) is 3.70. The topological polar surface area (TPSA) is 65.6 Å². The van der Waals surface area contributed by atoms with E-state index in [4.69, 9.17) is 19.6 Å². The highest BCUT2D eigenvalue weighted by molar-refractivity contribution is 5.13. The minimum Gasteiger partial charge on any atom is -0.344 e. The molecular formula is C12H22N2O4. The summed E-state index contributed by atoms with van der Waals surface area (Å²) < 4.78 is 0. The van der Waals surface area contributed by atoms with Gasteiger partial charge in [-0.25, -0.2) is 24.5 Å². The van der Waals surface area contributed by atoms with Crippen LogP contribution in [0.1, 0.15) is 44.4 Å². The van der Waals surface area contributed by atoms with Gasteiger partial charge in [0.25, 0.3) is 0 Å². The normalized spacial score (nSPS) is 11.1. The molecule has 0 amide bonds. The number of aromatic amines is 1. The average molecular weight is 258 g/mol. The van der Waals surface area contributed by atoms with Crippen molar-refractivity contribution in [1.29, 1.82) is 0 Å². The van der Waals surface area contributed by atoms with Crippen LogP contribution in [0.2, 0.25) is 0 Å². The molecule has 1 aromatic rings. The van der Waals surface area contributed by atoms with Gasteiger partial charge in [-0.3, -0.25) is 0 Å². The summed E-state index contributed by atoms with van der Waals surface area (Å²) in [6.45, 7) is 7.50. The lowest BCUT2D eigenvalue weighted by atomic mass is 10.3. The van der Waals surface area contributed by atoms with Crippen molar-refractivity contribution in [2.75, 3.05) is 13.2 Å². The summed E-state index contributed by atoms with van der Waals surface area (Å²) in [6, 6.07) is 0. The summed E-state index contributed by atoms with van der Waals surface area (Å²) in [6.07, 6.45) is 1.93. The molecule has 0 aliphatic carbocycles. The second kappa shape index (κ2) is 9.04. The molecule has 0 bridgehead atoms. The molecule has 1 rings (SSSR count). The number of nitrogens with zero attached hydrogens (tertiary/aromatic N) is 1. The van der Waals surface area contributed by atoms with E-state index in [0.717, 1.165) is 30.1 Å². The predicted octanol–water partition coefficient (Wildman–Crippen LogP) is 2.30. The molecule has 6 heteroatoms. The summed E-state index contributed by atoms with van der Waals surface area (Å²) in [7, 11) is 0. The molecule has 6 nitrogen and oxygen atoms in total. The summed E-state index contributed by atoms with van der Waals surface area (Å²) in [5, 5.41) is 0. The zero-order chi connectivity index (χ0) is 13.2. The highest BCUT2D eigenvalue weighted by Gasteiger charge is 2.11. The van der Waals surface area contributed by atoms with Gasteiger partial charge in [0.1, 0.15) is 19.0 Å². The van der Waals surface area contributed by atoms with Gasteiger partial charge < -0.3 is 4.98 Å². The molecule has 0 atom stereocenters. The zero-order valence-electron chi connectivity index (χ0n) is 11.3. The lowest BCUT2D eigenvalue weighted by Crippen LogP contribution is -2.01. The highest BCUT2D eigenvalue weighted by atomic mass is 17.2. The van der Waals surface area contributed by atoms with Gasteiger partial charge in [0.05, 0.1) is 24.6 Å². The summed E-state index contributed by atoms with van der Waals surface area (Å²) >= 11 is 0. The van der Waals surface area contributed by atoms with Crippen LogP contribution in [0.25, 0.3) is 0 Å². The third-order valence-corrected chi connectivity index (χ3v) is 2.20. The van der Waals surface area contributed by atoms with Gasteiger partial charge in [0.2, 0.25) is 0 Å². The Morgan fingerprint density at radius 3 is 2.22 bits per heavy atom. The van der Waals surface area contributed by atoms with Crippen molar-refractivity contribution in [3.63, 3.8) is 0 Å². The number of aryl methyl sites for hydroxylation is 1. The van der Waals surface area contributed by atoms with Crippen LogP contribution < -0.4 is 0 Å². The van der Waals surface area contributed by atoms with Gasteiger partial charge in [0.15, 0.2) is 0 Å². The number of hydrogen-bond acceptors (Lipinski definition) is 5. The van der Waals surface area contributed by atoms with E-state index in [0.29, 0.717) is 26.4 Å². The molecule has 0 fully saturated rings. The maximum absolute atomic E-state index is 5.04. The van der Waals surface area contributed by atoms with Crippen molar-refractivity contribution in [2.45, 2.75) is 46.8 Å². The summed E-state index contributed by atoms with van der Waals surface area (Å²) in [5.41, 5.74) is 1.67. The number of rotatable bonds is 10. The first-order valence-corrected chi connectivity index (χ1v) is 6.37. The van der Waals surface area contributed by atoms with Gasteiger partial charge in [-0.15, -0.1) is 0 Å². The van der Waals surface area contributed by atoms with E-state index in [1.165, 1.54) is 0 Å². The molecule has 18 heavy (non-hydrogen) atoms. The van der Waals surface area contributed by atoms with Gasteiger partial charge in [-0.1, -0.05) is 6.92 Å². The lowest BCUT2D eigenvalue weighted by molar-refractivity contribution is -0.305. The molecule has 1 aromatic heterocycles. The van der Waals surface area contributed by atoms with Crippen LogP contribution in [0.3, 0.4) is 0 Å². The van der Waals surface area contributed by atoms with Crippen LogP contribution in [-0.4, -0.2) is 23.2 Å². The fourth-order valence-electron chi connectivity index (χ4n) is 1.46. The number of nitrogens with one attached hydrogen (secondary N) is 1. The Labute approximate surface area is 107 Å². The standard InChI is InChI=1S/C12H22N2O4/c1-4-7-12-13-10(8-17-15-5-2)11(14-12)9-18-16-6-3/h4-9H2,1-3H3,(H,13,14). The molecule has 1 N–H and O–H groups in total. The van der Waals surface area contributed by atoms with E-state index >= 15 is 0 Å². The molecule has 0 saturated heterocycles. The fourth-order valence-corrected chi connectivity index (χ4v) is 1.46. The number of imidazole rings is 1. The summed E-state index contributed by atoms with van der Waals surface area (Å²) in [5.74, 6) is 0.933. The molecule has 0 aliphatic heterocycles. The molecule has 0 aromatic carbocycles. The first kappa shape index (κ1) is 15.1. The SMILES string of the molecule is CCCc1nc(COOCC)c(COOCC)[nH]1. The van der Waals surface area contributed by atoms with E-state index in [-0.39, 0.29) is 0 Å². The monoisotopic (exact) mass is 258 g/mol. The Bertz CT molecular complexity index is 300. The number of aromatic nitrogens is 2. The molecule has 0 unspecified atom stereocenters. The van der Waals surface area contributed by atoms with Crippen molar-refractivity contribution < 1.29 is 19.6 Å². The van der Waals surface area contributed by atoms with E-state index in [1.807, 2.05) is 13.8 Å². The molecule has 0 saturated carbocycles. The maximum Gasteiger partial charge on any atom is 0.126 e. The Morgan fingerprint density at radius 2 is 1.61 bits per heavy atom. The predicted molar refractivity (Wildman–Crippen MR) is 65.4 cm³/mol. The molecule has 0 spiro atoms. The van der Waals surface area contributed by atoms with E-state index in [1.54, 1.807) is 0 Å². The van der Waals surface area contributed by atoms with Crippen LogP contribution in [0.4, 0.5) is 0 Å². The summed E-state index contributed by atoms with van der Waals surface area (Å²) in [4.78, 5) is 27.5. The van der Waals surface area contributed by atoms with Crippen LogP contribution in [0.5, 0.6) is 0 Å². The minimum absolute atomic E-state index is 0.304. The first-order valence-electron chi connectivity index (χ1n) is 6.37. The Morgan fingerprint density at radius 1 is 0.944 bits per heavy atom. The molecule has 0 radical (unpaired) electrons. The molecular weight excluding hydrogens is 236 g/mol. The number of hydrogen-bond donors (Lipinski definition) is 1. The Hall–Kier alpha value is -0.950. The third kappa shape index (κ3) is 5.14. The van der Waals surface area contributed by atoms with Crippen molar-refractivity contribution in [1.82, 2.24) is 9.97 Å². The smallest absolute Gasteiger partial charge is 0.126 e. The van der Waals surface area contributed by atoms with Crippen molar-refractivity contribution in [2.24, 2.45) is 0 Å². The first-order chi connectivity index (χ1) is 8.81. The fraction of sp³-hybridized carbons (Fsp3) is 0.750. The van der Waals surface area contributed by atoms with E-state index < -0.39 is 0 Å². The molecule has 0 aliphatic rings. The van der Waals surface area contributed by atoms with Crippen molar-refractivity contribution in [3.05, 3.63) is 17.2 Å². The van der Waals surface area contributed by atoms with Crippen LogP contribution in [0.15, 0.2) is 0 Å².